The number of hydrogen-bond acceptors (Lipinski definition) is 4. The summed E-state index contributed by atoms with van der Waals surface area (Å²) in [7, 11) is 0. The van der Waals surface area contributed by atoms with Gasteiger partial charge in [-0.3, -0.25) is 4.79 Å². The molecule has 0 bridgehead atoms. The predicted molar refractivity (Wildman–Crippen MR) is 70.4 cm³/mol. The van der Waals surface area contributed by atoms with Gasteiger partial charge in [-0.15, -0.1) is 0 Å². The van der Waals surface area contributed by atoms with Crippen molar-refractivity contribution in [2.45, 2.75) is 39.7 Å². The first-order chi connectivity index (χ1) is 8.69. The third-order valence-corrected chi connectivity index (χ3v) is 3.07. The molecule has 1 saturated heterocycles. The highest BCUT2D eigenvalue weighted by molar-refractivity contribution is 5.75. The summed E-state index contributed by atoms with van der Waals surface area (Å²) >= 11 is 0. The normalized spacial score (nSPS) is 14.9. The van der Waals surface area contributed by atoms with Crippen molar-refractivity contribution in [2.24, 2.45) is 0 Å². The number of aryl methyl sites for hydroxylation is 1. The van der Waals surface area contributed by atoms with Crippen LogP contribution in [0.3, 0.4) is 0 Å². The van der Waals surface area contributed by atoms with Gasteiger partial charge in [0, 0.05) is 25.2 Å². The fraction of sp³-hybridized carbons (Fsp3) is 0.615. The van der Waals surface area contributed by atoms with E-state index in [0.717, 1.165) is 30.4 Å². The van der Waals surface area contributed by atoms with Gasteiger partial charge < -0.3 is 10.2 Å². The summed E-state index contributed by atoms with van der Waals surface area (Å²) < 4.78 is 0. The highest BCUT2D eigenvalue weighted by Gasteiger charge is 2.15. The molecule has 1 fully saturated rings. The molecule has 18 heavy (non-hydrogen) atoms. The fourth-order valence-electron chi connectivity index (χ4n) is 2.08. The Hall–Kier alpha value is -1.65. The molecule has 98 valence electrons. The standard InChI is InChI=1S/C13H20N4O/c1-3-12(18)14-9-11-8-10(2)15-13(16-11)17-6-4-5-7-17/h8H,3-7,9H2,1-2H3,(H,14,18). The molecule has 0 aromatic carbocycles. The fourth-order valence-corrected chi connectivity index (χ4v) is 2.08. The Labute approximate surface area is 108 Å². The Morgan fingerprint density at radius 3 is 2.78 bits per heavy atom. The van der Waals surface area contributed by atoms with Crippen LogP contribution >= 0.6 is 0 Å². The molecule has 0 spiro atoms. The maximum absolute atomic E-state index is 11.2. The van der Waals surface area contributed by atoms with Gasteiger partial charge in [0.15, 0.2) is 0 Å². The summed E-state index contributed by atoms with van der Waals surface area (Å²) in [5.41, 5.74) is 1.83. The molecule has 1 N–H and O–H groups in total. The van der Waals surface area contributed by atoms with E-state index in [9.17, 15) is 4.79 Å². The highest BCUT2D eigenvalue weighted by atomic mass is 16.1. The second-order valence-corrected chi connectivity index (χ2v) is 4.63. The largest absolute Gasteiger partial charge is 0.350 e. The third kappa shape index (κ3) is 3.18. The molecule has 0 aliphatic carbocycles. The topological polar surface area (TPSA) is 58.1 Å². The van der Waals surface area contributed by atoms with Crippen molar-refractivity contribution in [3.63, 3.8) is 0 Å². The van der Waals surface area contributed by atoms with Crippen molar-refractivity contribution in [1.82, 2.24) is 15.3 Å². The molecule has 1 aliphatic rings. The van der Waals surface area contributed by atoms with Crippen LogP contribution in [-0.4, -0.2) is 29.0 Å². The van der Waals surface area contributed by atoms with E-state index in [2.05, 4.69) is 20.2 Å². The lowest BCUT2D eigenvalue weighted by Gasteiger charge is -2.16. The Morgan fingerprint density at radius 1 is 1.39 bits per heavy atom. The molecule has 0 atom stereocenters. The van der Waals surface area contributed by atoms with Crippen molar-refractivity contribution in [3.05, 3.63) is 17.5 Å². The molecule has 2 heterocycles. The van der Waals surface area contributed by atoms with Gasteiger partial charge in [0.25, 0.3) is 0 Å². The molecule has 1 aliphatic heterocycles. The summed E-state index contributed by atoms with van der Waals surface area (Å²) in [6, 6.07) is 1.93. The SMILES string of the molecule is CCC(=O)NCc1cc(C)nc(N2CCCC2)n1. The summed E-state index contributed by atoms with van der Waals surface area (Å²) in [5, 5.41) is 2.85. The van der Waals surface area contributed by atoms with Gasteiger partial charge in [-0.05, 0) is 25.8 Å². The minimum absolute atomic E-state index is 0.0500. The lowest BCUT2D eigenvalue weighted by atomic mass is 10.3. The summed E-state index contributed by atoms with van der Waals surface area (Å²) in [6.07, 6.45) is 2.92. The van der Waals surface area contributed by atoms with Crippen LogP contribution in [-0.2, 0) is 11.3 Å². The molecule has 0 radical (unpaired) electrons. The minimum Gasteiger partial charge on any atom is -0.350 e. The zero-order valence-corrected chi connectivity index (χ0v) is 11.1. The van der Waals surface area contributed by atoms with Crippen molar-refractivity contribution in [1.29, 1.82) is 0 Å². The first-order valence-electron chi connectivity index (χ1n) is 6.55. The van der Waals surface area contributed by atoms with Gasteiger partial charge in [0.05, 0.1) is 12.2 Å². The molecule has 1 aromatic heterocycles. The molecular weight excluding hydrogens is 228 g/mol. The van der Waals surface area contributed by atoms with E-state index in [1.165, 1.54) is 12.8 Å². The summed E-state index contributed by atoms with van der Waals surface area (Å²) in [6.45, 7) is 6.36. The van der Waals surface area contributed by atoms with E-state index in [4.69, 9.17) is 0 Å². The van der Waals surface area contributed by atoms with Crippen LogP contribution in [0, 0.1) is 6.92 Å². The van der Waals surface area contributed by atoms with E-state index in [1.807, 2.05) is 19.9 Å². The third-order valence-electron chi connectivity index (χ3n) is 3.07. The second-order valence-electron chi connectivity index (χ2n) is 4.63. The average Bonchev–Trinajstić information content (AvgIpc) is 2.89. The summed E-state index contributed by atoms with van der Waals surface area (Å²) in [5.74, 6) is 0.849. The van der Waals surface area contributed by atoms with Crippen molar-refractivity contribution in [2.75, 3.05) is 18.0 Å². The number of amides is 1. The van der Waals surface area contributed by atoms with Gasteiger partial charge >= 0.3 is 0 Å². The first kappa shape index (κ1) is 12.8. The highest BCUT2D eigenvalue weighted by Crippen LogP contribution is 2.16. The zero-order chi connectivity index (χ0) is 13.0. The van der Waals surface area contributed by atoms with Crippen molar-refractivity contribution in [3.8, 4) is 0 Å². The van der Waals surface area contributed by atoms with E-state index < -0.39 is 0 Å². The van der Waals surface area contributed by atoms with E-state index in [0.29, 0.717) is 13.0 Å². The van der Waals surface area contributed by atoms with E-state index >= 15 is 0 Å². The number of anilines is 1. The molecule has 1 aromatic rings. The second kappa shape index (κ2) is 5.80. The first-order valence-corrected chi connectivity index (χ1v) is 6.55. The molecular formula is C13H20N4O. The zero-order valence-electron chi connectivity index (χ0n) is 11.1. The number of nitrogens with one attached hydrogen (secondary N) is 1. The van der Waals surface area contributed by atoms with E-state index in [1.54, 1.807) is 0 Å². The maximum Gasteiger partial charge on any atom is 0.225 e. The lowest BCUT2D eigenvalue weighted by molar-refractivity contribution is -0.120. The number of rotatable bonds is 4. The lowest BCUT2D eigenvalue weighted by Crippen LogP contribution is -2.24. The van der Waals surface area contributed by atoms with Crippen LogP contribution in [0.1, 0.15) is 37.6 Å². The Morgan fingerprint density at radius 2 is 2.11 bits per heavy atom. The molecule has 0 saturated carbocycles. The average molecular weight is 248 g/mol. The quantitative estimate of drug-likeness (QED) is 0.875. The number of nitrogens with zero attached hydrogens (tertiary/aromatic N) is 3. The molecule has 1 amide bonds. The van der Waals surface area contributed by atoms with Gasteiger partial charge in [0.1, 0.15) is 0 Å². The number of hydrogen-bond donors (Lipinski definition) is 1. The molecule has 2 rings (SSSR count). The van der Waals surface area contributed by atoms with Gasteiger partial charge in [-0.1, -0.05) is 6.92 Å². The number of carbonyl (C=O) groups excluding carboxylic acids is 1. The maximum atomic E-state index is 11.2. The smallest absolute Gasteiger partial charge is 0.225 e. The Kier molecular flexibility index (Phi) is 4.12. The van der Waals surface area contributed by atoms with Crippen LogP contribution in [0.4, 0.5) is 5.95 Å². The van der Waals surface area contributed by atoms with Crippen LogP contribution < -0.4 is 10.2 Å². The van der Waals surface area contributed by atoms with Crippen LogP contribution in [0.15, 0.2) is 6.07 Å². The van der Waals surface area contributed by atoms with Gasteiger partial charge in [-0.2, -0.15) is 0 Å². The van der Waals surface area contributed by atoms with E-state index in [-0.39, 0.29) is 5.91 Å². The molecule has 0 unspecified atom stereocenters. The Balaban J connectivity index is 2.08. The van der Waals surface area contributed by atoms with Crippen LogP contribution in [0.25, 0.3) is 0 Å². The van der Waals surface area contributed by atoms with Gasteiger partial charge in [-0.25, -0.2) is 9.97 Å². The monoisotopic (exact) mass is 248 g/mol. The van der Waals surface area contributed by atoms with Crippen LogP contribution in [0.2, 0.25) is 0 Å². The Bertz CT molecular complexity index is 427. The van der Waals surface area contributed by atoms with Gasteiger partial charge in [0.2, 0.25) is 11.9 Å². The van der Waals surface area contributed by atoms with Crippen molar-refractivity contribution >= 4 is 11.9 Å². The van der Waals surface area contributed by atoms with Crippen LogP contribution in [0.5, 0.6) is 0 Å². The van der Waals surface area contributed by atoms with Crippen molar-refractivity contribution < 1.29 is 4.79 Å². The number of aromatic nitrogens is 2. The predicted octanol–water partition coefficient (Wildman–Crippen LogP) is 1.41. The molecule has 5 heteroatoms. The molecule has 5 nitrogen and oxygen atoms in total. The summed E-state index contributed by atoms with van der Waals surface area (Å²) in [4.78, 5) is 22.4. The number of carbonyl (C=O) groups is 1. The minimum atomic E-state index is 0.0500.